The van der Waals surface area contributed by atoms with Crippen LogP contribution in [0.2, 0.25) is 0 Å². The predicted molar refractivity (Wildman–Crippen MR) is 63.8 cm³/mol. The molecule has 1 unspecified atom stereocenters. The van der Waals surface area contributed by atoms with Crippen LogP contribution < -0.4 is 10.6 Å². The Morgan fingerprint density at radius 1 is 1.39 bits per heavy atom. The zero-order valence-electron chi connectivity index (χ0n) is 10.7. The lowest BCUT2D eigenvalue weighted by Gasteiger charge is -2.17. The number of ether oxygens (including phenoxy) is 1. The zero-order chi connectivity index (χ0) is 13.5. The van der Waals surface area contributed by atoms with E-state index in [0.717, 1.165) is 6.42 Å². The van der Waals surface area contributed by atoms with Gasteiger partial charge in [-0.2, -0.15) is 0 Å². The molecule has 7 heteroatoms. The maximum absolute atomic E-state index is 11.7. The number of hydrogen-bond donors (Lipinski definition) is 2. The average molecular weight is 257 g/mol. The van der Waals surface area contributed by atoms with E-state index < -0.39 is 5.97 Å². The molecule has 1 aliphatic rings. The Morgan fingerprint density at radius 2 is 2.11 bits per heavy atom. The van der Waals surface area contributed by atoms with E-state index in [1.54, 1.807) is 11.8 Å². The van der Waals surface area contributed by atoms with Gasteiger partial charge in [-0.15, -0.1) is 0 Å². The van der Waals surface area contributed by atoms with Crippen molar-refractivity contribution in [1.29, 1.82) is 0 Å². The maximum atomic E-state index is 11.7. The first-order valence-electron chi connectivity index (χ1n) is 5.98. The number of likely N-dealkylation sites (tertiary alicyclic amines) is 1. The van der Waals surface area contributed by atoms with Crippen LogP contribution in [-0.4, -0.2) is 55.1 Å². The molecule has 0 aliphatic carbocycles. The number of amides is 3. The molecule has 0 saturated carbocycles. The fourth-order valence-corrected chi connectivity index (χ4v) is 1.82. The third kappa shape index (κ3) is 4.60. The van der Waals surface area contributed by atoms with Gasteiger partial charge >= 0.3 is 12.0 Å². The Balaban J connectivity index is 2.27. The van der Waals surface area contributed by atoms with Crippen LogP contribution in [0.25, 0.3) is 0 Å². The van der Waals surface area contributed by atoms with E-state index in [0.29, 0.717) is 19.7 Å². The van der Waals surface area contributed by atoms with E-state index >= 15 is 0 Å². The summed E-state index contributed by atoms with van der Waals surface area (Å²) in [6, 6.07) is -0.313. The Morgan fingerprint density at radius 3 is 2.72 bits per heavy atom. The third-order valence-corrected chi connectivity index (χ3v) is 2.57. The first-order valence-corrected chi connectivity index (χ1v) is 5.98. The van der Waals surface area contributed by atoms with Crippen molar-refractivity contribution in [3.63, 3.8) is 0 Å². The Labute approximate surface area is 106 Å². The summed E-state index contributed by atoms with van der Waals surface area (Å²) in [4.78, 5) is 35.2. The lowest BCUT2D eigenvalue weighted by molar-refractivity contribution is -0.141. The summed E-state index contributed by atoms with van der Waals surface area (Å²) in [6.45, 7) is 4.35. The monoisotopic (exact) mass is 257 g/mol. The van der Waals surface area contributed by atoms with Gasteiger partial charge in [0.25, 0.3) is 0 Å². The minimum absolute atomic E-state index is 0.00385. The fraction of sp³-hybridized carbons (Fsp3) is 0.727. The first-order chi connectivity index (χ1) is 8.52. The normalized spacial score (nSPS) is 18.3. The van der Waals surface area contributed by atoms with Crippen molar-refractivity contribution < 1.29 is 19.1 Å². The molecular weight excluding hydrogens is 238 g/mol. The standard InChI is InChI=1S/C11H19N3O4/c1-3-18-10(16)6-12-11(17)14-5-4-9(7-14)13-8(2)15/h9H,3-7H2,1-2H3,(H,12,17)(H,13,15). The average Bonchev–Trinajstić information content (AvgIpc) is 2.74. The summed E-state index contributed by atoms with van der Waals surface area (Å²) in [5.74, 6) is -0.558. The summed E-state index contributed by atoms with van der Waals surface area (Å²) in [7, 11) is 0. The molecule has 18 heavy (non-hydrogen) atoms. The lowest BCUT2D eigenvalue weighted by atomic mass is 10.3. The molecule has 1 aliphatic heterocycles. The minimum Gasteiger partial charge on any atom is -0.465 e. The van der Waals surface area contributed by atoms with Gasteiger partial charge in [-0.3, -0.25) is 9.59 Å². The summed E-state index contributed by atoms with van der Waals surface area (Å²) in [6.07, 6.45) is 0.729. The number of urea groups is 1. The molecule has 1 fully saturated rings. The predicted octanol–water partition coefficient (Wildman–Crippen LogP) is -0.530. The molecule has 1 atom stereocenters. The Hall–Kier alpha value is -1.79. The number of esters is 1. The zero-order valence-corrected chi connectivity index (χ0v) is 10.7. The van der Waals surface area contributed by atoms with Gasteiger partial charge in [-0.05, 0) is 13.3 Å². The van der Waals surface area contributed by atoms with E-state index in [4.69, 9.17) is 4.74 Å². The molecule has 1 saturated heterocycles. The fourth-order valence-electron chi connectivity index (χ4n) is 1.82. The number of rotatable bonds is 4. The van der Waals surface area contributed by atoms with Gasteiger partial charge in [0.2, 0.25) is 5.91 Å². The molecule has 1 heterocycles. The lowest BCUT2D eigenvalue weighted by Crippen LogP contribution is -2.43. The van der Waals surface area contributed by atoms with Crippen LogP contribution in [-0.2, 0) is 14.3 Å². The second-order valence-corrected chi connectivity index (χ2v) is 4.10. The summed E-state index contributed by atoms with van der Waals surface area (Å²) in [5, 5.41) is 5.24. The highest BCUT2D eigenvalue weighted by Crippen LogP contribution is 2.08. The van der Waals surface area contributed by atoms with Crippen molar-refractivity contribution in [2.75, 3.05) is 26.2 Å². The van der Waals surface area contributed by atoms with E-state index in [9.17, 15) is 14.4 Å². The van der Waals surface area contributed by atoms with Crippen molar-refractivity contribution in [3.05, 3.63) is 0 Å². The summed E-state index contributed by atoms with van der Waals surface area (Å²) < 4.78 is 4.70. The molecule has 0 radical (unpaired) electrons. The Kier molecular flexibility index (Phi) is 5.41. The maximum Gasteiger partial charge on any atom is 0.325 e. The van der Waals surface area contributed by atoms with Gasteiger partial charge in [-0.1, -0.05) is 0 Å². The number of carbonyl (C=O) groups excluding carboxylic acids is 3. The van der Waals surface area contributed by atoms with Crippen molar-refractivity contribution in [1.82, 2.24) is 15.5 Å². The second kappa shape index (κ2) is 6.83. The number of carbonyl (C=O) groups is 3. The van der Waals surface area contributed by atoms with Crippen LogP contribution in [0, 0.1) is 0 Å². The third-order valence-electron chi connectivity index (χ3n) is 2.57. The van der Waals surface area contributed by atoms with Crippen molar-refractivity contribution in [2.45, 2.75) is 26.3 Å². The molecule has 1 rings (SSSR count). The van der Waals surface area contributed by atoms with Gasteiger partial charge in [0.1, 0.15) is 6.54 Å². The van der Waals surface area contributed by atoms with Gasteiger partial charge in [0.05, 0.1) is 6.61 Å². The molecule has 0 aromatic heterocycles. The molecular formula is C11H19N3O4. The molecule has 2 N–H and O–H groups in total. The molecule has 7 nitrogen and oxygen atoms in total. The van der Waals surface area contributed by atoms with Crippen LogP contribution in [0.1, 0.15) is 20.3 Å². The highest BCUT2D eigenvalue weighted by atomic mass is 16.5. The van der Waals surface area contributed by atoms with E-state index in [1.165, 1.54) is 6.92 Å². The smallest absolute Gasteiger partial charge is 0.325 e. The SMILES string of the molecule is CCOC(=O)CNC(=O)N1CCC(NC(C)=O)C1. The van der Waals surface area contributed by atoms with E-state index in [-0.39, 0.29) is 24.5 Å². The highest BCUT2D eigenvalue weighted by molar-refractivity contribution is 5.81. The van der Waals surface area contributed by atoms with Crippen LogP contribution in [0.5, 0.6) is 0 Å². The largest absolute Gasteiger partial charge is 0.465 e. The van der Waals surface area contributed by atoms with Crippen LogP contribution >= 0.6 is 0 Å². The van der Waals surface area contributed by atoms with Crippen LogP contribution in [0.4, 0.5) is 4.79 Å². The van der Waals surface area contributed by atoms with Gasteiger partial charge in [0, 0.05) is 26.1 Å². The topological polar surface area (TPSA) is 87.7 Å². The number of nitrogens with one attached hydrogen (secondary N) is 2. The summed E-state index contributed by atoms with van der Waals surface area (Å²) in [5.41, 5.74) is 0. The quantitative estimate of drug-likeness (QED) is 0.663. The molecule has 102 valence electrons. The molecule has 3 amide bonds. The molecule has 0 bridgehead atoms. The van der Waals surface area contributed by atoms with E-state index in [2.05, 4.69) is 10.6 Å². The van der Waals surface area contributed by atoms with Crippen molar-refractivity contribution >= 4 is 17.9 Å². The van der Waals surface area contributed by atoms with Crippen LogP contribution in [0.3, 0.4) is 0 Å². The van der Waals surface area contributed by atoms with Gasteiger partial charge in [-0.25, -0.2) is 4.79 Å². The summed E-state index contributed by atoms with van der Waals surface area (Å²) >= 11 is 0. The first kappa shape index (κ1) is 14.3. The highest BCUT2D eigenvalue weighted by Gasteiger charge is 2.26. The van der Waals surface area contributed by atoms with Crippen LogP contribution in [0.15, 0.2) is 0 Å². The number of nitrogens with zero attached hydrogens (tertiary/aromatic N) is 1. The molecule has 0 spiro atoms. The Bertz CT molecular complexity index is 332. The van der Waals surface area contributed by atoms with Gasteiger partial charge in [0.15, 0.2) is 0 Å². The van der Waals surface area contributed by atoms with Crippen molar-refractivity contribution in [3.8, 4) is 0 Å². The molecule has 0 aromatic rings. The number of hydrogen-bond acceptors (Lipinski definition) is 4. The molecule has 0 aromatic carbocycles. The van der Waals surface area contributed by atoms with Gasteiger partial charge < -0.3 is 20.3 Å². The minimum atomic E-state index is -0.455. The van der Waals surface area contributed by atoms with Crippen molar-refractivity contribution in [2.24, 2.45) is 0 Å². The van der Waals surface area contributed by atoms with E-state index in [1.807, 2.05) is 0 Å². The second-order valence-electron chi connectivity index (χ2n) is 4.10.